The number of aliphatic hydroxyl groups is 4. The first-order valence-electron chi connectivity index (χ1n) is 9.81. The number of rotatable bonds is 5. The van der Waals surface area contributed by atoms with E-state index in [1.165, 1.54) is 0 Å². The highest BCUT2D eigenvalue weighted by atomic mass is 16.4. The van der Waals surface area contributed by atoms with E-state index in [0.717, 1.165) is 33.3 Å². The van der Waals surface area contributed by atoms with Crippen molar-refractivity contribution in [3.05, 3.63) is 58.2 Å². The van der Waals surface area contributed by atoms with Crippen molar-refractivity contribution in [2.45, 2.75) is 52.1 Å². The van der Waals surface area contributed by atoms with Gasteiger partial charge < -0.3 is 30.4 Å². The van der Waals surface area contributed by atoms with Gasteiger partial charge in [0.2, 0.25) is 0 Å². The number of aliphatic hydroxyl groups excluding tert-OH is 4. The van der Waals surface area contributed by atoms with Gasteiger partial charge in [0.05, 0.1) is 22.1 Å². The van der Waals surface area contributed by atoms with Crippen LogP contribution >= 0.6 is 0 Å². The van der Waals surface area contributed by atoms with Crippen LogP contribution in [-0.2, 0) is 0 Å². The topological polar surface area (TPSA) is 138 Å². The van der Waals surface area contributed by atoms with Gasteiger partial charge in [-0.05, 0) is 74.2 Å². The summed E-state index contributed by atoms with van der Waals surface area (Å²) in [6, 6.07) is 7.58. The van der Waals surface area contributed by atoms with Gasteiger partial charge in [-0.3, -0.25) is 0 Å². The quantitative estimate of drug-likeness (QED) is 0.298. The maximum Gasteiger partial charge on any atom is 0.140 e. The summed E-state index contributed by atoms with van der Waals surface area (Å²) in [5, 5.41) is 42.1. The van der Waals surface area contributed by atoms with E-state index >= 15 is 0 Å². The van der Waals surface area contributed by atoms with E-state index in [0.29, 0.717) is 11.0 Å². The third-order valence-electron chi connectivity index (χ3n) is 5.79. The van der Waals surface area contributed by atoms with Crippen molar-refractivity contribution in [3.63, 3.8) is 0 Å². The Morgan fingerprint density at radius 3 is 1.30 bits per heavy atom. The lowest BCUT2D eigenvalue weighted by molar-refractivity contribution is -0.111. The second-order valence-electron chi connectivity index (χ2n) is 8.02. The van der Waals surface area contributed by atoms with Crippen LogP contribution in [0.5, 0.6) is 0 Å². The number of fused-ring (bicyclic) bond motifs is 2. The van der Waals surface area contributed by atoms with E-state index in [1.54, 1.807) is 0 Å². The molecule has 30 heavy (non-hydrogen) atoms. The van der Waals surface area contributed by atoms with Crippen molar-refractivity contribution in [3.8, 4) is 0 Å². The van der Waals surface area contributed by atoms with Gasteiger partial charge in [0, 0.05) is 0 Å². The Kier molecular flexibility index (Phi) is 5.11. The lowest BCUT2D eigenvalue weighted by atomic mass is 10.0. The van der Waals surface area contributed by atoms with Gasteiger partial charge in [0.25, 0.3) is 0 Å². The molecule has 0 saturated carbocycles. The molecular weight excluding hydrogens is 384 g/mol. The summed E-state index contributed by atoms with van der Waals surface area (Å²) in [6.45, 7) is 7.86. The summed E-state index contributed by atoms with van der Waals surface area (Å²) in [7, 11) is 0. The number of H-pyrrole nitrogens is 2. The number of nitrogens with zero attached hydrogens (tertiary/aromatic N) is 2. The number of hydrogen-bond donors (Lipinski definition) is 6. The molecular formula is C22H26N4O4. The van der Waals surface area contributed by atoms with E-state index < -0.39 is 24.4 Å². The van der Waals surface area contributed by atoms with E-state index in [4.69, 9.17) is 0 Å². The van der Waals surface area contributed by atoms with Gasteiger partial charge in [0.1, 0.15) is 36.1 Å². The lowest BCUT2D eigenvalue weighted by Gasteiger charge is -2.24. The zero-order valence-electron chi connectivity index (χ0n) is 17.3. The first-order valence-corrected chi connectivity index (χ1v) is 9.81. The smallest absolute Gasteiger partial charge is 0.140 e. The Labute approximate surface area is 173 Å². The molecule has 4 aromatic rings. The van der Waals surface area contributed by atoms with Crippen molar-refractivity contribution in [1.29, 1.82) is 0 Å². The van der Waals surface area contributed by atoms with Gasteiger partial charge in [0.15, 0.2) is 0 Å². The van der Waals surface area contributed by atoms with Gasteiger partial charge in [-0.1, -0.05) is 0 Å². The molecule has 0 saturated heterocycles. The van der Waals surface area contributed by atoms with Crippen molar-refractivity contribution in [2.24, 2.45) is 0 Å². The number of nitrogens with one attached hydrogen (secondary N) is 2. The van der Waals surface area contributed by atoms with E-state index in [1.807, 2.05) is 52.0 Å². The van der Waals surface area contributed by atoms with E-state index in [2.05, 4.69) is 19.9 Å². The number of aromatic nitrogens is 4. The van der Waals surface area contributed by atoms with Crippen LogP contribution in [0.25, 0.3) is 22.1 Å². The standard InChI is InChI=1S/C22H26N4O4/c1-9-5-13-14(6-10(9)2)24-21(23-13)19(29)17(27)18(28)20(30)22-25-15-7-11(3)12(4)8-16(15)26-22/h5-8,17-20,27-30H,1-4H3,(H,23,24)(H,25,26)/t17-,18+,19-,20-/m0/s1. The van der Waals surface area contributed by atoms with Crippen molar-refractivity contribution >= 4 is 22.1 Å². The minimum Gasteiger partial charge on any atom is -0.387 e. The molecule has 0 aliphatic carbocycles. The Hall–Kier alpha value is -2.78. The molecule has 6 N–H and O–H groups in total. The molecule has 0 amide bonds. The molecule has 0 radical (unpaired) electrons. The maximum absolute atomic E-state index is 10.6. The highest BCUT2D eigenvalue weighted by molar-refractivity contribution is 5.78. The molecule has 2 aromatic carbocycles. The second kappa shape index (κ2) is 7.48. The Morgan fingerprint density at radius 1 is 0.600 bits per heavy atom. The lowest BCUT2D eigenvalue weighted by Crippen LogP contribution is -2.37. The number of hydrogen-bond acceptors (Lipinski definition) is 6. The Bertz CT molecular complexity index is 1060. The van der Waals surface area contributed by atoms with Crippen LogP contribution in [-0.4, -0.2) is 52.6 Å². The molecule has 0 aliphatic rings. The zero-order chi connectivity index (χ0) is 21.7. The fourth-order valence-corrected chi connectivity index (χ4v) is 3.56. The molecule has 2 aromatic heterocycles. The normalized spacial score (nSPS) is 16.1. The SMILES string of the molecule is Cc1cc2nc([C@@H](O)[C@H](O)[C@H](O)[C@H](O)c3nc4cc(C)c(C)cc4[nH]3)[nH]c2cc1C. The largest absolute Gasteiger partial charge is 0.387 e. The average Bonchev–Trinajstić information content (AvgIpc) is 3.30. The number of aromatic amines is 2. The molecule has 0 aliphatic heterocycles. The van der Waals surface area contributed by atoms with E-state index in [-0.39, 0.29) is 11.6 Å². The highest BCUT2D eigenvalue weighted by Gasteiger charge is 2.35. The van der Waals surface area contributed by atoms with Crippen LogP contribution in [0.2, 0.25) is 0 Å². The molecule has 0 spiro atoms. The summed E-state index contributed by atoms with van der Waals surface area (Å²) < 4.78 is 0. The summed E-state index contributed by atoms with van der Waals surface area (Å²) in [6.07, 6.45) is -6.40. The number of imidazole rings is 2. The summed E-state index contributed by atoms with van der Waals surface area (Å²) in [5.74, 6) is 0.231. The monoisotopic (exact) mass is 410 g/mol. The predicted molar refractivity (Wildman–Crippen MR) is 113 cm³/mol. The molecule has 158 valence electrons. The van der Waals surface area contributed by atoms with Crippen molar-refractivity contribution < 1.29 is 20.4 Å². The van der Waals surface area contributed by atoms with Crippen LogP contribution in [0.1, 0.15) is 46.1 Å². The van der Waals surface area contributed by atoms with Crippen LogP contribution < -0.4 is 0 Å². The fraction of sp³-hybridized carbons (Fsp3) is 0.364. The maximum atomic E-state index is 10.6. The minimum atomic E-state index is -1.68. The van der Waals surface area contributed by atoms with Gasteiger partial charge in [-0.15, -0.1) is 0 Å². The minimum absolute atomic E-state index is 0.115. The number of aryl methyl sites for hydroxylation is 4. The molecule has 2 heterocycles. The molecule has 0 bridgehead atoms. The molecule has 8 nitrogen and oxygen atoms in total. The molecule has 0 unspecified atom stereocenters. The first-order chi connectivity index (χ1) is 14.2. The summed E-state index contributed by atoms with van der Waals surface area (Å²) >= 11 is 0. The molecule has 4 atom stereocenters. The average molecular weight is 410 g/mol. The third-order valence-corrected chi connectivity index (χ3v) is 5.79. The zero-order valence-corrected chi connectivity index (χ0v) is 17.3. The number of benzene rings is 2. The van der Waals surface area contributed by atoms with E-state index in [9.17, 15) is 20.4 Å². The van der Waals surface area contributed by atoms with Crippen LogP contribution in [0.4, 0.5) is 0 Å². The molecule has 4 rings (SSSR count). The van der Waals surface area contributed by atoms with Gasteiger partial charge in [-0.2, -0.15) is 0 Å². The Balaban J connectivity index is 1.58. The van der Waals surface area contributed by atoms with Gasteiger partial charge in [-0.25, -0.2) is 9.97 Å². The van der Waals surface area contributed by atoms with Crippen LogP contribution in [0, 0.1) is 27.7 Å². The van der Waals surface area contributed by atoms with Gasteiger partial charge >= 0.3 is 0 Å². The fourth-order valence-electron chi connectivity index (χ4n) is 3.56. The molecule has 0 fully saturated rings. The second-order valence-corrected chi connectivity index (χ2v) is 8.02. The highest BCUT2D eigenvalue weighted by Crippen LogP contribution is 2.28. The van der Waals surface area contributed by atoms with Crippen LogP contribution in [0.3, 0.4) is 0 Å². The Morgan fingerprint density at radius 2 is 0.933 bits per heavy atom. The first kappa shape index (κ1) is 20.5. The predicted octanol–water partition coefficient (Wildman–Crippen LogP) is 2.16. The third kappa shape index (κ3) is 3.48. The summed E-state index contributed by atoms with van der Waals surface area (Å²) in [4.78, 5) is 14.6. The van der Waals surface area contributed by atoms with Crippen molar-refractivity contribution in [2.75, 3.05) is 0 Å². The summed E-state index contributed by atoms with van der Waals surface area (Å²) in [5.41, 5.74) is 6.99. The van der Waals surface area contributed by atoms with Crippen molar-refractivity contribution in [1.82, 2.24) is 19.9 Å². The van der Waals surface area contributed by atoms with Crippen LogP contribution in [0.15, 0.2) is 24.3 Å². The molecule has 8 heteroatoms.